The maximum Gasteiger partial charge on any atom is 0.303 e. The Hall–Kier alpha value is -3.95. The smallest absolute Gasteiger partial charge is 0.303 e. The molecule has 0 spiro atoms. The monoisotopic (exact) mass is 611 g/mol. The third-order valence-corrected chi connectivity index (χ3v) is 8.67. The Balaban J connectivity index is 1.26. The van der Waals surface area contributed by atoms with Gasteiger partial charge in [-0.1, -0.05) is 84.9 Å². The van der Waals surface area contributed by atoms with Crippen LogP contribution in [0.2, 0.25) is 0 Å². The quantitative estimate of drug-likeness (QED) is 0.139. The number of amides is 1. The van der Waals surface area contributed by atoms with Crippen molar-refractivity contribution < 1.29 is 29.3 Å². The molecule has 1 aliphatic rings. The van der Waals surface area contributed by atoms with Crippen molar-refractivity contribution in [3.63, 3.8) is 0 Å². The number of benzene rings is 4. The summed E-state index contributed by atoms with van der Waals surface area (Å²) in [4.78, 5) is 24.0. The Morgan fingerprint density at radius 3 is 2.27 bits per heavy atom. The molecule has 1 amide bonds. The highest BCUT2D eigenvalue weighted by molar-refractivity contribution is 7.99. The molecule has 4 aromatic rings. The van der Waals surface area contributed by atoms with Gasteiger partial charge in [0, 0.05) is 42.0 Å². The lowest BCUT2D eigenvalue weighted by Crippen LogP contribution is -2.31. The predicted octanol–water partition coefficient (Wildman–Crippen LogP) is 7.05. The van der Waals surface area contributed by atoms with Crippen LogP contribution in [0.5, 0.6) is 0 Å². The molecule has 4 aromatic carbocycles. The minimum atomic E-state index is -0.895. The summed E-state index contributed by atoms with van der Waals surface area (Å²) in [6.07, 6.45) is 0.558. The summed E-state index contributed by atoms with van der Waals surface area (Å²) in [6.45, 7) is 0.386. The summed E-state index contributed by atoms with van der Waals surface area (Å²) >= 11 is 1.78. The van der Waals surface area contributed by atoms with E-state index in [4.69, 9.17) is 14.6 Å². The Labute approximate surface area is 262 Å². The van der Waals surface area contributed by atoms with E-state index in [1.807, 2.05) is 78.9 Å². The summed E-state index contributed by atoms with van der Waals surface area (Å²) in [7, 11) is 0. The zero-order valence-electron chi connectivity index (χ0n) is 24.4. The molecule has 0 bridgehead atoms. The summed E-state index contributed by atoms with van der Waals surface area (Å²) in [5.41, 5.74) is 5.89. The molecule has 8 heteroatoms. The van der Waals surface area contributed by atoms with Gasteiger partial charge in [0.25, 0.3) is 0 Å². The van der Waals surface area contributed by atoms with E-state index in [1.165, 1.54) is 4.90 Å². The predicted molar refractivity (Wildman–Crippen MR) is 171 cm³/mol. The first-order valence-electron chi connectivity index (χ1n) is 14.8. The maximum absolute atomic E-state index is 12.1. The Morgan fingerprint density at radius 2 is 1.55 bits per heavy atom. The number of rotatable bonds is 13. The minimum absolute atomic E-state index is 0.00632. The van der Waals surface area contributed by atoms with Gasteiger partial charge >= 0.3 is 5.97 Å². The number of carboxylic acid groups (broad SMARTS) is 1. The standard InChI is InChI=1S/C36H37NO6S/c38-23-25-12-14-28(15-13-25)33-21-31(24-44-32-8-2-1-3-9-32)42-36(43-33)29-18-16-27(17-19-29)30-7-4-6-26(20-30)22-37-34(39)10-5-11-35(40)41/h1-4,6-9,12-20,31,33,36,38H,5,10-11,21-24H2,(H,37,39)(H,40,41)/t31-,33+,36+/m1/s1. The van der Waals surface area contributed by atoms with Crippen LogP contribution in [0.3, 0.4) is 0 Å². The first-order chi connectivity index (χ1) is 21.5. The lowest BCUT2D eigenvalue weighted by Gasteiger charge is -2.36. The molecule has 3 atom stereocenters. The molecule has 44 heavy (non-hydrogen) atoms. The number of carbonyl (C=O) groups excluding carboxylic acids is 1. The number of nitrogens with one attached hydrogen (secondary N) is 1. The Kier molecular flexibility index (Phi) is 11.2. The van der Waals surface area contributed by atoms with Crippen LogP contribution < -0.4 is 5.32 Å². The van der Waals surface area contributed by atoms with E-state index in [1.54, 1.807) is 11.8 Å². The number of carbonyl (C=O) groups is 2. The second-order valence-corrected chi connectivity index (χ2v) is 11.9. The van der Waals surface area contributed by atoms with Crippen LogP contribution >= 0.6 is 11.8 Å². The molecule has 0 radical (unpaired) electrons. The Morgan fingerprint density at radius 1 is 0.795 bits per heavy atom. The zero-order chi connectivity index (χ0) is 30.7. The maximum atomic E-state index is 12.1. The SMILES string of the molecule is O=C(O)CCCC(=O)NCc1cccc(-c2ccc([C@H]3O[C@@H](CSc4ccccc4)C[C@@H](c4ccc(CO)cc4)O3)cc2)c1. The molecule has 0 saturated carbocycles. The normalized spacial score (nSPS) is 18.1. The van der Waals surface area contributed by atoms with Gasteiger partial charge in [-0.3, -0.25) is 9.59 Å². The van der Waals surface area contributed by atoms with Gasteiger partial charge in [-0.05, 0) is 52.4 Å². The van der Waals surface area contributed by atoms with Crippen LogP contribution in [0, 0.1) is 0 Å². The van der Waals surface area contributed by atoms with Crippen LogP contribution in [0.1, 0.15) is 60.3 Å². The molecule has 0 unspecified atom stereocenters. The van der Waals surface area contributed by atoms with Gasteiger partial charge in [0.05, 0.1) is 18.8 Å². The van der Waals surface area contributed by atoms with Crippen molar-refractivity contribution >= 4 is 23.6 Å². The molecule has 5 rings (SSSR count). The van der Waals surface area contributed by atoms with Crippen molar-refractivity contribution in [1.82, 2.24) is 5.32 Å². The number of ether oxygens (including phenoxy) is 2. The van der Waals surface area contributed by atoms with E-state index in [0.717, 1.165) is 45.6 Å². The zero-order valence-corrected chi connectivity index (χ0v) is 25.2. The van der Waals surface area contributed by atoms with Gasteiger partial charge in [-0.15, -0.1) is 11.8 Å². The average molecular weight is 612 g/mol. The number of hydrogen-bond donors (Lipinski definition) is 3. The minimum Gasteiger partial charge on any atom is -0.481 e. The summed E-state index contributed by atoms with van der Waals surface area (Å²) < 4.78 is 13.0. The van der Waals surface area contributed by atoms with Crippen molar-refractivity contribution in [1.29, 1.82) is 0 Å². The van der Waals surface area contributed by atoms with Crippen LogP contribution in [0.15, 0.2) is 108 Å². The molecular formula is C36H37NO6S. The van der Waals surface area contributed by atoms with E-state index in [2.05, 4.69) is 29.6 Å². The Bertz CT molecular complexity index is 1510. The van der Waals surface area contributed by atoms with Gasteiger partial charge in [-0.2, -0.15) is 0 Å². The van der Waals surface area contributed by atoms with Crippen LogP contribution in [0.25, 0.3) is 11.1 Å². The molecule has 1 saturated heterocycles. The van der Waals surface area contributed by atoms with Crippen molar-refractivity contribution in [2.24, 2.45) is 0 Å². The lowest BCUT2D eigenvalue weighted by atomic mass is 9.99. The number of aliphatic hydroxyl groups excluding tert-OH is 1. The third kappa shape index (κ3) is 9.03. The van der Waals surface area contributed by atoms with E-state index < -0.39 is 12.3 Å². The first-order valence-corrected chi connectivity index (χ1v) is 15.8. The average Bonchev–Trinajstić information content (AvgIpc) is 3.07. The van der Waals surface area contributed by atoms with Gasteiger partial charge in [-0.25, -0.2) is 0 Å². The highest BCUT2D eigenvalue weighted by Gasteiger charge is 2.32. The second kappa shape index (κ2) is 15.7. The van der Waals surface area contributed by atoms with Gasteiger partial charge in [0.2, 0.25) is 5.91 Å². The molecular weight excluding hydrogens is 574 g/mol. The van der Waals surface area contributed by atoms with Crippen LogP contribution in [0.4, 0.5) is 0 Å². The molecule has 1 heterocycles. The molecule has 7 nitrogen and oxygen atoms in total. The van der Waals surface area contributed by atoms with E-state index in [0.29, 0.717) is 13.0 Å². The highest BCUT2D eigenvalue weighted by atomic mass is 32.2. The first kappa shape index (κ1) is 31.5. The second-order valence-electron chi connectivity index (χ2n) is 10.8. The van der Waals surface area contributed by atoms with Crippen LogP contribution in [-0.4, -0.2) is 33.9 Å². The van der Waals surface area contributed by atoms with E-state index in [9.17, 15) is 14.7 Å². The van der Waals surface area contributed by atoms with Crippen molar-refractivity contribution in [2.75, 3.05) is 5.75 Å². The molecule has 1 fully saturated rings. The van der Waals surface area contributed by atoms with Gasteiger partial charge in [0.15, 0.2) is 6.29 Å². The van der Waals surface area contributed by atoms with Crippen molar-refractivity contribution in [3.8, 4) is 11.1 Å². The van der Waals surface area contributed by atoms with Crippen LogP contribution in [-0.2, 0) is 32.2 Å². The topological polar surface area (TPSA) is 105 Å². The summed E-state index contributed by atoms with van der Waals surface area (Å²) in [6, 6.07) is 34.4. The molecule has 3 N–H and O–H groups in total. The number of thioether (sulfide) groups is 1. The van der Waals surface area contributed by atoms with Crippen molar-refractivity contribution in [2.45, 2.75) is 62.2 Å². The number of carboxylic acids is 1. The summed E-state index contributed by atoms with van der Waals surface area (Å²) in [5, 5.41) is 21.1. The fourth-order valence-corrected chi connectivity index (χ4v) is 6.05. The van der Waals surface area contributed by atoms with Gasteiger partial charge < -0.3 is 25.0 Å². The fraction of sp³-hybridized carbons (Fsp3) is 0.278. The molecule has 0 aliphatic carbocycles. The van der Waals surface area contributed by atoms with E-state index >= 15 is 0 Å². The van der Waals surface area contributed by atoms with Crippen molar-refractivity contribution in [3.05, 3.63) is 125 Å². The summed E-state index contributed by atoms with van der Waals surface area (Å²) in [5.74, 6) is -0.249. The van der Waals surface area contributed by atoms with E-state index in [-0.39, 0.29) is 37.6 Å². The number of aliphatic carboxylic acids is 1. The molecule has 0 aromatic heterocycles. The highest BCUT2D eigenvalue weighted by Crippen LogP contribution is 2.40. The van der Waals surface area contributed by atoms with Gasteiger partial charge in [0.1, 0.15) is 0 Å². The third-order valence-electron chi connectivity index (χ3n) is 7.52. The number of hydrogen-bond acceptors (Lipinski definition) is 6. The molecule has 1 aliphatic heterocycles. The number of aliphatic hydroxyl groups is 1. The largest absolute Gasteiger partial charge is 0.481 e. The molecule has 228 valence electrons. The lowest BCUT2D eigenvalue weighted by molar-refractivity contribution is -0.245. The fourth-order valence-electron chi connectivity index (χ4n) is 5.11.